The normalized spacial score (nSPS) is 24.6. The molecule has 2 rings (SSSR count). The van der Waals surface area contributed by atoms with Crippen molar-refractivity contribution in [3.8, 4) is 5.75 Å². The third-order valence-corrected chi connectivity index (χ3v) is 8.21. The van der Waals surface area contributed by atoms with E-state index in [9.17, 15) is 30.3 Å². The third-order valence-electron chi connectivity index (χ3n) is 8.21. The van der Waals surface area contributed by atoms with Gasteiger partial charge in [0, 0.05) is 12.5 Å². The summed E-state index contributed by atoms with van der Waals surface area (Å²) in [4.78, 5) is 12.9. The predicted octanol–water partition coefficient (Wildman–Crippen LogP) is 5.61. The fraction of sp³-hybridized carbons (Fsp3) is 0.676. The molecule has 7 atom stereocenters. The van der Waals surface area contributed by atoms with Crippen LogP contribution in [0, 0.1) is 11.8 Å². The summed E-state index contributed by atoms with van der Waals surface area (Å²) in [5, 5.41) is 51.7. The number of aliphatic hydroxyl groups excluding tert-OH is 4. The number of unbranched alkanes of at least 4 members (excludes halogenated alkanes) is 3. The number of hydrogen-bond acceptors (Lipinski definition) is 8. The molecule has 0 bridgehead atoms. The Hall–Kier alpha value is -2.23. The molecule has 0 aliphatic carbocycles. The van der Waals surface area contributed by atoms with Gasteiger partial charge in [-0.2, -0.15) is 0 Å². The first-order chi connectivity index (χ1) is 19.7. The maximum atomic E-state index is 12.9. The Morgan fingerprint density at radius 1 is 1.14 bits per heavy atom. The Morgan fingerprint density at radius 3 is 2.45 bits per heavy atom. The average Bonchev–Trinajstić information content (AvgIpc) is 2.91. The molecule has 1 aliphatic heterocycles. The summed E-state index contributed by atoms with van der Waals surface area (Å²) >= 11 is 0. The van der Waals surface area contributed by atoms with Crippen LogP contribution in [0.1, 0.15) is 111 Å². The van der Waals surface area contributed by atoms with Crippen molar-refractivity contribution in [2.24, 2.45) is 11.8 Å². The molecular weight excluding hydrogens is 536 g/mol. The van der Waals surface area contributed by atoms with Gasteiger partial charge in [0.1, 0.15) is 29.3 Å². The lowest BCUT2D eigenvalue weighted by molar-refractivity contribution is -0.180. The van der Waals surface area contributed by atoms with E-state index in [0.717, 1.165) is 12.0 Å². The van der Waals surface area contributed by atoms with Gasteiger partial charge in [-0.1, -0.05) is 88.3 Å². The predicted molar refractivity (Wildman–Crippen MR) is 165 cm³/mol. The van der Waals surface area contributed by atoms with Crippen LogP contribution >= 0.6 is 0 Å². The van der Waals surface area contributed by atoms with Gasteiger partial charge in [0.25, 0.3) is 0 Å². The van der Waals surface area contributed by atoms with Crippen molar-refractivity contribution in [2.75, 3.05) is 6.61 Å². The van der Waals surface area contributed by atoms with Crippen molar-refractivity contribution < 1.29 is 34.7 Å². The Kier molecular flexibility index (Phi) is 14.2. The van der Waals surface area contributed by atoms with E-state index < -0.39 is 53.9 Å². The van der Waals surface area contributed by atoms with Gasteiger partial charge >= 0.3 is 5.63 Å². The molecule has 238 valence electrons. The number of rotatable bonds is 15. The van der Waals surface area contributed by atoms with Gasteiger partial charge in [-0.15, -0.1) is 0 Å². The first kappa shape index (κ1) is 36.0. The van der Waals surface area contributed by atoms with Gasteiger partial charge in [-0.3, -0.25) is 0 Å². The van der Waals surface area contributed by atoms with Crippen LogP contribution in [0.4, 0.5) is 0 Å². The zero-order valence-corrected chi connectivity index (χ0v) is 26.5. The minimum atomic E-state index is -1.48. The van der Waals surface area contributed by atoms with Crippen LogP contribution in [0.25, 0.3) is 0 Å². The second kappa shape index (κ2) is 16.6. The molecule has 0 spiro atoms. The van der Waals surface area contributed by atoms with Crippen molar-refractivity contribution in [3.05, 3.63) is 63.3 Å². The molecule has 1 saturated heterocycles. The summed E-state index contributed by atoms with van der Waals surface area (Å²) in [6, 6.07) is 1.22. The van der Waals surface area contributed by atoms with Gasteiger partial charge in [0.2, 0.25) is 0 Å². The van der Waals surface area contributed by atoms with Crippen LogP contribution in [-0.4, -0.2) is 56.6 Å². The molecule has 8 nitrogen and oxygen atoms in total. The highest BCUT2D eigenvalue weighted by Gasteiger charge is 2.41. The topological polar surface area (TPSA) is 141 Å². The molecule has 5 N–H and O–H groups in total. The smallest absolute Gasteiger partial charge is 0.345 e. The largest absolute Gasteiger partial charge is 0.507 e. The number of hydrogen-bond donors (Lipinski definition) is 5. The summed E-state index contributed by atoms with van der Waals surface area (Å²) in [6.07, 6.45) is 9.45. The van der Waals surface area contributed by atoms with E-state index in [1.165, 1.54) is 43.7 Å². The van der Waals surface area contributed by atoms with E-state index in [1.807, 2.05) is 13.0 Å². The fourth-order valence-corrected chi connectivity index (χ4v) is 5.62. The molecule has 1 fully saturated rings. The van der Waals surface area contributed by atoms with Crippen LogP contribution in [0.2, 0.25) is 0 Å². The zero-order chi connectivity index (χ0) is 31.6. The van der Waals surface area contributed by atoms with Crippen molar-refractivity contribution in [2.45, 2.75) is 129 Å². The molecule has 0 saturated carbocycles. The maximum absolute atomic E-state index is 12.9. The Morgan fingerprint density at radius 2 is 1.83 bits per heavy atom. The highest BCUT2D eigenvalue weighted by Crippen LogP contribution is 2.37. The lowest BCUT2D eigenvalue weighted by Crippen LogP contribution is -2.46. The molecule has 0 unspecified atom stereocenters. The molecule has 8 heteroatoms. The number of allylic oxidation sites excluding steroid dienone is 5. The fourth-order valence-electron chi connectivity index (χ4n) is 5.62. The summed E-state index contributed by atoms with van der Waals surface area (Å²) < 4.78 is 11.0. The molecule has 0 radical (unpaired) electrons. The molecule has 2 heterocycles. The number of aliphatic hydroxyl groups is 4. The SMILES string of the molecule is CCCCCC[C@@H](C)C/C(C)=C\[C@@H](C)/C=C(C)/C=C/[C@H](O)C(C)(C)c1cc(O)c([C@@H]2O[C@@H](CO)C[C@@H](O)[C@H]2O)c(=O)o1. The van der Waals surface area contributed by atoms with Crippen LogP contribution in [0.5, 0.6) is 5.75 Å². The second-order valence-electron chi connectivity index (χ2n) is 12.8. The third kappa shape index (κ3) is 10.2. The lowest BCUT2D eigenvalue weighted by atomic mass is 9.82. The van der Waals surface area contributed by atoms with Crippen LogP contribution in [0.15, 0.2) is 50.7 Å². The molecule has 0 aromatic carbocycles. The molecule has 42 heavy (non-hydrogen) atoms. The maximum Gasteiger partial charge on any atom is 0.345 e. The van der Waals surface area contributed by atoms with E-state index >= 15 is 0 Å². The first-order valence-electron chi connectivity index (χ1n) is 15.4. The first-order valence-corrected chi connectivity index (χ1v) is 15.4. The molecule has 1 aromatic heterocycles. The van der Waals surface area contributed by atoms with Gasteiger partial charge in [-0.25, -0.2) is 4.79 Å². The number of ether oxygens (including phenoxy) is 1. The van der Waals surface area contributed by atoms with Crippen LogP contribution < -0.4 is 5.63 Å². The monoisotopic (exact) mass is 590 g/mol. The summed E-state index contributed by atoms with van der Waals surface area (Å²) in [6.45, 7) is 13.8. The van der Waals surface area contributed by atoms with Gasteiger partial charge in [0.05, 0.1) is 30.3 Å². The highest BCUT2D eigenvalue weighted by molar-refractivity contribution is 5.36. The molecule has 0 amide bonds. The quantitative estimate of drug-likeness (QED) is 0.101. The average molecular weight is 591 g/mol. The molecular formula is C34H54O8. The van der Waals surface area contributed by atoms with Gasteiger partial charge in [-0.05, 0) is 46.0 Å². The number of aromatic hydroxyl groups is 1. The van der Waals surface area contributed by atoms with Gasteiger partial charge in [0.15, 0.2) is 0 Å². The van der Waals surface area contributed by atoms with E-state index in [-0.39, 0.29) is 23.7 Å². The lowest BCUT2D eigenvalue weighted by Gasteiger charge is -2.36. The van der Waals surface area contributed by atoms with Crippen LogP contribution in [-0.2, 0) is 10.2 Å². The summed E-state index contributed by atoms with van der Waals surface area (Å²) in [5.41, 5.74) is -0.0159. The van der Waals surface area contributed by atoms with Crippen molar-refractivity contribution in [1.29, 1.82) is 0 Å². The molecule has 1 aliphatic rings. The van der Waals surface area contributed by atoms with Crippen molar-refractivity contribution >= 4 is 0 Å². The molecule has 1 aromatic rings. The second-order valence-corrected chi connectivity index (χ2v) is 12.8. The standard InChI is InChI=1S/C34H54O8/c1-8-9-10-11-12-21(2)15-23(4)17-24(5)16-22(3)13-14-28(38)34(6,7)29-19-26(36)30(33(40)42-29)32-31(39)27(37)18-25(20-35)41-32/h13-14,16-17,19,21,24-25,27-28,31-32,35-39H,8-12,15,18,20H2,1-7H3/b14-13+,22-16+,23-17-/t21-,24+,25-,27-,28+,31-,32+/m1/s1. The van der Waals surface area contributed by atoms with E-state index in [0.29, 0.717) is 5.92 Å². The van der Waals surface area contributed by atoms with Gasteiger partial charge < -0.3 is 34.7 Å². The Bertz CT molecular complexity index is 1130. The van der Waals surface area contributed by atoms with E-state index in [1.54, 1.807) is 19.9 Å². The van der Waals surface area contributed by atoms with Crippen LogP contribution in [0.3, 0.4) is 0 Å². The Labute approximate surface area is 251 Å². The van der Waals surface area contributed by atoms with E-state index in [2.05, 4.69) is 39.8 Å². The Balaban J connectivity index is 2.10. The van der Waals surface area contributed by atoms with Crippen molar-refractivity contribution in [1.82, 2.24) is 0 Å². The zero-order valence-electron chi connectivity index (χ0n) is 26.5. The van der Waals surface area contributed by atoms with Crippen molar-refractivity contribution in [3.63, 3.8) is 0 Å². The minimum Gasteiger partial charge on any atom is -0.507 e. The highest BCUT2D eigenvalue weighted by atomic mass is 16.5. The summed E-state index contributed by atoms with van der Waals surface area (Å²) in [7, 11) is 0. The van der Waals surface area contributed by atoms with E-state index in [4.69, 9.17) is 9.15 Å². The minimum absolute atomic E-state index is 0.00909. The summed E-state index contributed by atoms with van der Waals surface area (Å²) in [5.74, 6) is 0.469.